The summed E-state index contributed by atoms with van der Waals surface area (Å²) in [7, 11) is 0. The summed E-state index contributed by atoms with van der Waals surface area (Å²) < 4.78 is 39.2. The molecule has 1 amide bonds. The monoisotopic (exact) mass is 475 g/mol. The van der Waals surface area contributed by atoms with Crippen molar-refractivity contribution in [2.45, 2.75) is 32.2 Å². The molecule has 0 radical (unpaired) electrons. The molecule has 0 saturated heterocycles. The Balaban J connectivity index is 1.62. The molecular weight excluding hydrogens is 452 g/mol. The van der Waals surface area contributed by atoms with Gasteiger partial charge in [-0.3, -0.25) is 14.5 Å². The van der Waals surface area contributed by atoms with Crippen molar-refractivity contribution < 1.29 is 22.7 Å². The van der Waals surface area contributed by atoms with E-state index in [2.05, 4.69) is 6.92 Å². The number of fused-ring (bicyclic) bond motifs is 2. The maximum absolute atomic E-state index is 13.9. The van der Waals surface area contributed by atoms with Gasteiger partial charge in [-0.25, -0.2) is 8.78 Å². The molecule has 178 valence electrons. The first-order valence-electron chi connectivity index (χ1n) is 11.6. The van der Waals surface area contributed by atoms with Crippen LogP contribution >= 0.6 is 0 Å². The molecule has 0 fully saturated rings. The standard InChI is InChI=1S/C28H23F2NO4/c1-2-3-4-15-34-21-12-5-17(6-13-21)25-24-26(32)22-16-19(30)9-14-23(22)35-27(24)28(33)31(25)20-10-7-18(29)8-11-20/h5-14,16,25H,2-4,15H2,1H3. The minimum atomic E-state index is -0.832. The van der Waals surface area contributed by atoms with Crippen LogP contribution in [0.25, 0.3) is 11.0 Å². The Labute approximate surface area is 200 Å². The second-order valence-electron chi connectivity index (χ2n) is 8.49. The van der Waals surface area contributed by atoms with Crippen LogP contribution in [0.3, 0.4) is 0 Å². The van der Waals surface area contributed by atoms with Crippen LogP contribution in [0.4, 0.5) is 14.5 Å². The van der Waals surface area contributed by atoms with Crippen molar-refractivity contribution in [3.63, 3.8) is 0 Å². The summed E-state index contributed by atoms with van der Waals surface area (Å²) in [5, 5.41) is 0.0541. The van der Waals surface area contributed by atoms with E-state index >= 15 is 0 Å². The van der Waals surface area contributed by atoms with E-state index in [9.17, 15) is 18.4 Å². The fourth-order valence-corrected chi connectivity index (χ4v) is 4.42. The predicted octanol–water partition coefficient (Wildman–Crippen LogP) is 6.39. The van der Waals surface area contributed by atoms with Crippen molar-refractivity contribution in [1.29, 1.82) is 0 Å². The van der Waals surface area contributed by atoms with Gasteiger partial charge in [0, 0.05) is 5.69 Å². The van der Waals surface area contributed by atoms with Crippen LogP contribution < -0.4 is 15.1 Å². The third-order valence-electron chi connectivity index (χ3n) is 6.15. The van der Waals surface area contributed by atoms with Gasteiger partial charge in [0.1, 0.15) is 23.0 Å². The van der Waals surface area contributed by atoms with Crippen molar-refractivity contribution in [3.8, 4) is 5.75 Å². The normalized spacial score (nSPS) is 15.0. The lowest BCUT2D eigenvalue weighted by molar-refractivity contribution is 0.0971. The second kappa shape index (κ2) is 9.33. The first-order valence-corrected chi connectivity index (χ1v) is 11.6. The summed E-state index contributed by atoms with van der Waals surface area (Å²) in [5.74, 6) is -0.987. The fraction of sp³-hybridized carbons (Fsp3) is 0.214. The van der Waals surface area contributed by atoms with Gasteiger partial charge in [-0.15, -0.1) is 0 Å². The summed E-state index contributed by atoms with van der Waals surface area (Å²) in [6, 6.07) is 15.4. The Bertz CT molecular complexity index is 1450. The Morgan fingerprint density at radius 1 is 0.914 bits per heavy atom. The highest BCUT2D eigenvalue weighted by molar-refractivity contribution is 6.10. The summed E-state index contributed by atoms with van der Waals surface area (Å²) in [6.07, 6.45) is 3.12. The highest BCUT2D eigenvalue weighted by Crippen LogP contribution is 2.41. The van der Waals surface area contributed by atoms with Gasteiger partial charge in [0.15, 0.2) is 5.43 Å². The van der Waals surface area contributed by atoms with Gasteiger partial charge in [-0.1, -0.05) is 31.9 Å². The maximum Gasteiger partial charge on any atom is 0.295 e. The van der Waals surface area contributed by atoms with Gasteiger partial charge in [0.25, 0.3) is 5.91 Å². The topological polar surface area (TPSA) is 59.8 Å². The number of anilines is 1. The minimum Gasteiger partial charge on any atom is -0.494 e. The van der Waals surface area contributed by atoms with Crippen LogP contribution in [0.5, 0.6) is 5.75 Å². The second-order valence-corrected chi connectivity index (χ2v) is 8.49. The number of halogens is 2. The SMILES string of the molecule is CCCCCOc1ccc(C2c3c(oc4ccc(F)cc4c3=O)C(=O)N2c2ccc(F)cc2)cc1. The van der Waals surface area contributed by atoms with Gasteiger partial charge in [-0.05, 0) is 66.6 Å². The summed E-state index contributed by atoms with van der Waals surface area (Å²) in [5.41, 5.74) is 0.810. The zero-order valence-corrected chi connectivity index (χ0v) is 19.1. The highest BCUT2D eigenvalue weighted by Gasteiger charge is 2.43. The molecular formula is C28H23F2NO4. The number of rotatable bonds is 7. The number of hydrogen-bond acceptors (Lipinski definition) is 4. The first kappa shape index (κ1) is 22.8. The Morgan fingerprint density at radius 2 is 1.63 bits per heavy atom. The van der Waals surface area contributed by atoms with E-state index in [1.165, 1.54) is 41.3 Å². The van der Waals surface area contributed by atoms with Crippen molar-refractivity contribution in [3.05, 3.63) is 105 Å². The number of amides is 1. The molecule has 0 bridgehead atoms. The lowest BCUT2D eigenvalue weighted by Gasteiger charge is -2.25. The van der Waals surface area contributed by atoms with Crippen LogP contribution in [0, 0.1) is 11.6 Å². The number of carbonyl (C=O) groups is 1. The van der Waals surface area contributed by atoms with Crippen molar-refractivity contribution in [2.24, 2.45) is 0 Å². The third-order valence-corrected chi connectivity index (χ3v) is 6.15. The van der Waals surface area contributed by atoms with Crippen LogP contribution in [0.1, 0.15) is 53.9 Å². The number of carbonyl (C=O) groups excluding carboxylic acids is 1. The average Bonchev–Trinajstić information content (AvgIpc) is 3.16. The molecule has 0 N–H and O–H groups in total. The molecule has 1 aromatic heterocycles. The van der Waals surface area contributed by atoms with Crippen LogP contribution in [0.2, 0.25) is 0 Å². The molecule has 5 rings (SSSR count). The molecule has 5 nitrogen and oxygen atoms in total. The fourth-order valence-electron chi connectivity index (χ4n) is 4.42. The quantitative estimate of drug-likeness (QED) is 0.291. The summed E-state index contributed by atoms with van der Waals surface area (Å²) in [4.78, 5) is 28.4. The average molecular weight is 475 g/mol. The zero-order valence-electron chi connectivity index (χ0n) is 19.1. The Morgan fingerprint density at radius 3 is 2.34 bits per heavy atom. The van der Waals surface area contributed by atoms with Crippen molar-refractivity contribution >= 4 is 22.6 Å². The number of ether oxygens (including phenoxy) is 1. The molecule has 1 atom stereocenters. The molecule has 0 saturated carbocycles. The molecule has 7 heteroatoms. The van der Waals surface area contributed by atoms with E-state index in [-0.39, 0.29) is 22.3 Å². The summed E-state index contributed by atoms with van der Waals surface area (Å²) in [6.45, 7) is 2.72. The molecule has 1 aliphatic heterocycles. The smallest absolute Gasteiger partial charge is 0.295 e. The van der Waals surface area contributed by atoms with Crippen molar-refractivity contribution in [2.75, 3.05) is 11.5 Å². The van der Waals surface area contributed by atoms with E-state index in [1.54, 1.807) is 24.3 Å². The lowest BCUT2D eigenvalue weighted by atomic mass is 9.98. The molecule has 1 aliphatic rings. The number of unbranched alkanes of at least 4 members (excludes halogenated alkanes) is 2. The van der Waals surface area contributed by atoms with E-state index in [0.29, 0.717) is 23.6 Å². The maximum atomic E-state index is 13.9. The molecule has 4 aromatic rings. The predicted molar refractivity (Wildman–Crippen MR) is 129 cm³/mol. The van der Waals surface area contributed by atoms with Crippen LogP contribution in [0.15, 0.2) is 75.9 Å². The van der Waals surface area contributed by atoms with Gasteiger partial charge in [-0.2, -0.15) is 0 Å². The van der Waals surface area contributed by atoms with E-state index in [1.807, 2.05) is 0 Å². The van der Waals surface area contributed by atoms with Gasteiger partial charge >= 0.3 is 0 Å². The minimum absolute atomic E-state index is 0.0541. The number of benzene rings is 3. The number of hydrogen-bond donors (Lipinski definition) is 0. The van der Waals surface area contributed by atoms with Crippen LogP contribution in [-0.4, -0.2) is 12.5 Å². The summed E-state index contributed by atoms with van der Waals surface area (Å²) >= 11 is 0. The Kier molecular flexibility index (Phi) is 6.07. The van der Waals surface area contributed by atoms with E-state index in [4.69, 9.17) is 9.15 Å². The zero-order chi connectivity index (χ0) is 24.5. The largest absolute Gasteiger partial charge is 0.494 e. The molecule has 1 unspecified atom stereocenters. The number of nitrogens with zero attached hydrogens (tertiary/aromatic N) is 1. The molecule has 2 heterocycles. The van der Waals surface area contributed by atoms with Gasteiger partial charge in [0.2, 0.25) is 5.76 Å². The van der Waals surface area contributed by atoms with Gasteiger partial charge in [0.05, 0.1) is 23.6 Å². The molecule has 0 spiro atoms. The van der Waals surface area contributed by atoms with E-state index in [0.717, 1.165) is 25.3 Å². The highest BCUT2D eigenvalue weighted by atomic mass is 19.1. The third kappa shape index (κ3) is 4.18. The van der Waals surface area contributed by atoms with Crippen molar-refractivity contribution in [1.82, 2.24) is 0 Å². The molecule has 3 aromatic carbocycles. The molecule has 0 aliphatic carbocycles. The Hall–Kier alpha value is -4.00. The van der Waals surface area contributed by atoms with E-state index < -0.39 is 29.0 Å². The molecule has 35 heavy (non-hydrogen) atoms. The first-order chi connectivity index (χ1) is 17.0. The van der Waals surface area contributed by atoms with Crippen LogP contribution in [-0.2, 0) is 0 Å². The van der Waals surface area contributed by atoms with Gasteiger partial charge < -0.3 is 9.15 Å². The lowest BCUT2D eigenvalue weighted by Crippen LogP contribution is -2.29.